The fraction of sp³-hybridized carbons (Fsp3) is 0.333. The number of pyridine rings is 1. The third kappa shape index (κ3) is 4.18. The van der Waals surface area contributed by atoms with Crippen molar-refractivity contribution in [3.8, 4) is 11.3 Å². The normalized spacial score (nSPS) is 17.3. The van der Waals surface area contributed by atoms with Crippen LogP contribution < -0.4 is 5.32 Å². The zero-order valence-electron chi connectivity index (χ0n) is 14.8. The molecule has 1 aromatic carbocycles. The van der Waals surface area contributed by atoms with Gasteiger partial charge in [-0.05, 0) is 30.5 Å². The van der Waals surface area contributed by atoms with Crippen LogP contribution in [0.25, 0.3) is 11.3 Å². The molecule has 4 rings (SSSR count). The quantitative estimate of drug-likeness (QED) is 0.743. The summed E-state index contributed by atoms with van der Waals surface area (Å²) in [6, 6.07) is 14.9. The lowest BCUT2D eigenvalue weighted by Gasteiger charge is -2.23. The first-order valence-electron chi connectivity index (χ1n) is 9.20. The van der Waals surface area contributed by atoms with Crippen molar-refractivity contribution in [1.29, 1.82) is 0 Å². The first kappa shape index (κ1) is 16.9. The third-order valence-electron chi connectivity index (χ3n) is 4.70. The Labute approximate surface area is 154 Å². The summed E-state index contributed by atoms with van der Waals surface area (Å²) in [5.74, 6) is 0. The molecule has 0 bridgehead atoms. The molecule has 1 N–H and O–H groups in total. The molecule has 3 aromatic rings. The van der Waals surface area contributed by atoms with Gasteiger partial charge in [0.05, 0.1) is 18.8 Å². The average molecular weight is 348 g/mol. The molecule has 5 nitrogen and oxygen atoms in total. The van der Waals surface area contributed by atoms with Crippen molar-refractivity contribution in [3.63, 3.8) is 0 Å². The molecule has 0 saturated carbocycles. The second-order valence-corrected chi connectivity index (χ2v) is 6.72. The second kappa shape index (κ2) is 8.25. The van der Waals surface area contributed by atoms with Gasteiger partial charge < -0.3 is 10.1 Å². The van der Waals surface area contributed by atoms with Crippen LogP contribution in [0.4, 0.5) is 0 Å². The Morgan fingerprint density at radius 1 is 1.15 bits per heavy atom. The van der Waals surface area contributed by atoms with Crippen LogP contribution in [0.3, 0.4) is 0 Å². The molecule has 0 radical (unpaired) electrons. The summed E-state index contributed by atoms with van der Waals surface area (Å²) in [5.41, 5.74) is 4.49. The van der Waals surface area contributed by atoms with E-state index >= 15 is 0 Å². The van der Waals surface area contributed by atoms with E-state index in [-0.39, 0.29) is 0 Å². The molecule has 1 saturated heterocycles. The first-order chi connectivity index (χ1) is 12.9. The molecule has 1 aliphatic rings. The molecule has 0 spiro atoms. The Bertz CT molecular complexity index is 811. The maximum atomic E-state index is 5.58. The van der Waals surface area contributed by atoms with Gasteiger partial charge in [-0.2, -0.15) is 5.10 Å². The van der Waals surface area contributed by atoms with Gasteiger partial charge in [0.25, 0.3) is 0 Å². The van der Waals surface area contributed by atoms with Crippen LogP contribution in [0.1, 0.15) is 24.0 Å². The van der Waals surface area contributed by atoms with E-state index in [1.165, 1.54) is 17.5 Å². The van der Waals surface area contributed by atoms with Crippen LogP contribution in [0.2, 0.25) is 0 Å². The summed E-state index contributed by atoms with van der Waals surface area (Å²) in [6.07, 6.45) is 8.11. The topological polar surface area (TPSA) is 52.0 Å². The predicted octanol–water partition coefficient (Wildman–Crippen LogP) is 3.26. The summed E-state index contributed by atoms with van der Waals surface area (Å²) in [7, 11) is 0. The highest BCUT2D eigenvalue weighted by atomic mass is 16.5. The Kier molecular flexibility index (Phi) is 5.38. The highest BCUT2D eigenvalue weighted by Gasteiger charge is 2.16. The lowest BCUT2D eigenvalue weighted by Crippen LogP contribution is -2.36. The lowest BCUT2D eigenvalue weighted by atomic mass is 10.1. The second-order valence-electron chi connectivity index (χ2n) is 6.72. The molecule has 134 valence electrons. The molecule has 0 aliphatic carbocycles. The van der Waals surface area contributed by atoms with Crippen molar-refractivity contribution < 1.29 is 4.74 Å². The van der Waals surface area contributed by atoms with Crippen molar-refractivity contribution >= 4 is 0 Å². The molecule has 1 fully saturated rings. The van der Waals surface area contributed by atoms with Crippen LogP contribution in [0.5, 0.6) is 0 Å². The SMILES string of the molecule is c1ccc(Cn2cc(CNC3CCCOC3)c(-c3cccnc3)n2)cc1. The first-order valence-corrected chi connectivity index (χ1v) is 9.20. The van der Waals surface area contributed by atoms with Crippen molar-refractivity contribution in [2.45, 2.75) is 32.0 Å². The minimum atomic E-state index is 0.419. The average Bonchev–Trinajstić information content (AvgIpc) is 3.11. The highest BCUT2D eigenvalue weighted by molar-refractivity contribution is 5.61. The third-order valence-corrected chi connectivity index (χ3v) is 4.70. The monoisotopic (exact) mass is 348 g/mol. The van der Waals surface area contributed by atoms with Gasteiger partial charge in [0.1, 0.15) is 0 Å². The molecular weight excluding hydrogens is 324 g/mol. The van der Waals surface area contributed by atoms with Crippen LogP contribution in [-0.4, -0.2) is 34.0 Å². The molecule has 3 heterocycles. The molecule has 26 heavy (non-hydrogen) atoms. The Balaban J connectivity index is 1.55. The van der Waals surface area contributed by atoms with Crippen LogP contribution in [0.15, 0.2) is 61.1 Å². The molecule has 1 unspecified atom stereocenters. The van der Waals surface area contributed by atoms with Gasteiger partial charge >= 0.3 is 0 Å². The zero-order chi connectivity index (χ0) is 17.6. The fourth-order valence-corrected chi connectivity index (χ4v) is 3.35. The largest absolute Gasteiger partial charge is 0.380 e. The van der Waals surface area contributed by atoms with Crippen molar-refractivity contribution in [1.82, 2.24) is 20.1 Å². The van der Waals surface area contributed by atoms with Gasteiger partial charge in [0, 0.05) is 48.9 Å². The summed E-state index contributed by atoms with van der Waals surface area (Å²) in [6.45, 7) is 3.22. The summed E-state index contributed by atoms with van der Waals surface area (Å²) >= 11 is 0. The van der Waals surface area contributed by atoms with Gasteiger partial charge in [0.15, 0.2) is 0 Å². The molecular formula is C21H24N4O. The van der Waals surface area contributed by atoms with E-state index in [0.29, 0.717) is 6.04 Å². The number of nitrogens with one attached hydrogen (secondary N) is 1. The lowest BCUT2D eigenvalue weighted by molar-refractivity contribution is 0.0699. The zero-order valence-corrected chi connectivity index (χ0v) is 14.8. The number of rotatable bonds is 6. The summed E-state index contributed by atoms with van der Waals surface area (Å²) in [4.78, 5) is 4.26. The fourth-order valence-electron chi connectivity index (χ4n) is 3.35. The van der Waals surface area contributed by atoms with Gasteiger partial charge in [-0.25, -0.2) is 0 Å². The summed E-state index contributed by atoms with van der Waals surface area (Å²) < 4.78 is 7.60. The number of nitrogens with zero attached hydrogens (tertiary/aromatic N) is 3. The number of benzene rings is 1. The maximum absolute atomic E-state index is 5.58. The Morgan fingerprint density at radius 3 is 2.85 bits per heavy atom. The van der Waals surface area contributed by atoms with E-state index in [2.05, 4.69) is 46.8 Å². The number of aromatic nitrogens is 3. The standard InChI is InChI=1S/C21H24N4O/c1-2-6-17(7-3-1)14-25-15-19(13-23-20-9-5-11-26-16-20)21(24-25)18-8-4-10-22-12-18/h1-4,6-8,10,12,15,20,23H,5,9,11,13-14,16H2. The molecule has 2 aromatic heterocycles. The van der Waals surface area contributed by atoms with Crippen LogP contribution in [0, 0.1) is 0 Å². The number of hydrogen-bond donors (Lipinski definition) is 1. The molecule has 0 amide bonds. The van der Waals surface area contributed by atoms with E-state index in [0.717, 1.165) is 44.0 Å². The maximum Gasteiger partial charge on any atom is 0.0983 e. The molecule has 1 atom stereocenters. The van der Waals surface area contributed by atoms with Crippen LogP contribution in [-0.2, 0) is 17.8 Å². The molecule has 5 heteroatoms. The Morgan fingerprint density at radius 2 is 2.08 bits per heavy atom. The number of ether oxygens (including phenoxy) is 1. The van der Waals surface area contributed by atoms with Crippen LogP contribution >= 0.6 is 0 Å². The van der Waals surface area contributed by atoms with Crippen molar-refractivity contribution in [3.05, 3.63) is 72.2 Å². The van der Waals surface area contributed by atoms with Gasteiger partial charge in [0.2, 0.25) is 0 Å². The Hall–Kier alpha value is -2.50. The van der Waals surface area contributed by atoms with E-state index < -0.39 is 0 Å². The van der Waals surface area contributed by atoms with Crippen molar-refractivity contribution in [2.24, 2.45) is 0 Å². The predicted molar refractivity (Wildman–Crippen MR) is 102 cm³/mol. The minimum absolute atomic E-state index is 0.419. The number of hydrogen-bond acceptors (Lipinski definition) is 4. The van der Waals surface area contributed by atoms with Gasteiger partial charge in [-0.1, -0.05) is 30.3 Å². The van der Waals surface area contributed by atoms with Gasteiger partial charge in [-0.3, -0.25) is 9.67 Å². The highest BCUT2D eigenvalue weighted by Crippen LogP contribution is 2.22. The van der Waals surface area contributed by atoms with Gasteiger partial charge in [-0.15, -0.1) is 0 Å². The van der Waals surface area contributed by atoms with E-state index in [1.807, 2.05) is 23.0 Å². The van der Waals surface area contributed by atoms with E-state index in [4.69, 9.17) is 9.84 Å². The smallest absolute Gasteiger partial charge is 0.0983 e. The van der Waals surface area contributed by atoms with E-state index in [1.54, 1.807) is 6.20 Å². The summed E-state index contributed by atoms with van der Waals surface area (Å²) in [5, 5.41) is 8.47. The molecule has 1 aliphatic heterocycles. The van der Waals surface area contributed by atoms with E-state index in [9.17, 15) is 0 Å². The van der Waals surface area contributed by atoms with Crippen molar-refractivity contribution in [2.75, 3.05) is 13.2 Å². The minimum Gasteiger partial charge on any atom is -0.380 e.